The van der Waals surface area contributed by atoms with Crippen LogP contribution in [-0.4, -0.2) is 32.8 Å². The Morgan fingerprint density at radius 3 is 2.81 bits per heavy atom. The van der Waals surface area contributed by atoms with Gasteiger partial charge in [-0.25, -0.2) is 18.7 Å². The maximum absolute atomic E-state index is 13.3. The van der Waals surface area contributed by atoms with Gasteiger partial charge in [-0.05, 0) is 12.8 Å². The lowest BCUT2D eigenvalue weighted by Crippen LogP contribution is -2.31. The smallest absolute Gasteiger partial charge is 0.248 e. The summed E-state index contributed by atoms with van der Waals surface area (Å²) in [5.41, 5.74) is 1.43. The Hall–Kier alpha value is -2.31. The number of fused-ring (bicyclic) bond motifs is 1. The molecule has 7 heteroatoms. The van der Waals surface area contributed by atoms with Crippen LogP contribution in [0.2, 0.25) is 0 Å². The summed E-state index contributed by atoms with van der Waals surface area (Å²) in [6.45, 7) is 3.74. The lowest BCUT2D eigenvalue weighted by Gasteiger charge is -2.28. The van der Waals surface area contributed by atoms with Crippen LogP contribution in [0.1, 0.15) is 51.5 Å². The van der Waals surface area contributed by atoms with Gasteiger partial charge in [0.25, 0.3) is 0 Å². The minimum Gasteiger partial charge on any atom is -0.474 e. The SMILES string of the molecule is CC(C)C(=O)C/C=C/c1c[nH]c2ncnc(OC3CCC(F)(F)CC3)c12. The van der Waals surface area contributed by atoms with E-state index in [0.717, 1.165) is 5.56 Å². The normalized spacial score (nSPS) is 18.0. The van der Waals surface area contributed by atoms with Crippen LogP contribution in [0.15, 0.2) is 18.6 Å². The molecule has 0 bridgehead atoms. The van der Waals surface area contributed by atoms with Crippen LogP contribution in [0.5, 0.6) is 5.88 Å². The third-order valence-corrected chi connectivity index (χ3v) is 4.67. The van der Waals surface area contributed by atoms with Gasteiger partial charge in [0.2, 0.25) is 11.8 Å². The van der Waals surface area contributed by atoms with Crippen molar-refractivity contribution in [3.05, 3.63) is 24.2 Å². The number of H-pyrrole nitrogens is 1. The molecule has 0 amide bonds. The number of nitrogens with zero attached hydrogens (tertiary/aromatic N) is 2. The van der Waals surface area contributed by atoms with Crippen LogP contribution in [0.25, 0.3) is 17.1 Å². The van der Waals surface area contributed by atoms with E-state index < -0.39 is 5.92 Å². The van der Waals surface area contributed by atoms with E-state index in [2.05, 4.69) is 15.0 Å². The molecule has 140 valence electrons. The minimum atomic E-state index is -2.59. The molecule has 0 saturated heterocycles. The Morgan fingerprint density at radius 2 is 2.12 bits per heavy atom. The first kappa shape index (κ1) is 18.5. The second-order valence-corrected chi connectivity index (χ2v) is 7.05. The fourth-order valence-electron chi connectivity index (χ4n) is 3.01. The van der Waals surface area contributed by atoms with Crippen molar-refractivity contribution >= 4 is 22.9 Å². The zero-order chi connectivity index (χ0) is 18.7. The highest BCUT2D eigenvalue weighted by Crippen LogP contribution is 2.36. The second-order valence-electron chi connectivity index (χ2n) is 7.05. The summed E-state index contributed by atoms with van der Waals surface area (Å²) in [6, 6.07) is 0. The Bertz CT molecular complexity index is 804. The van der Waals surface area contributed by atoms with Crippen molar-refractivity contribution in [2.24, 2.45) is 5.92 Å². The number of ketones is 1. The van der Waals surface area contributed by atoms with Crippen molar-refractivity contribution in [3.63, 3.8) is 0 Å². The number of carbonyl (C=O) groups excluding carboxylic acids is 1. The molecule has 2 heterocycles. The van der Waals surface area contributed by atoms with Crippen molar-refractivity contribution in [1.29, 1.82) is 0 Å². The Kier molecular flexibility index (Phi) is 5.34. The van der Waals surface area contributed by atoms with Gasteiger partial charge in [-0.1, -0.05) is 26.0 Å². The summed E-state index contributed by atoms with van der Waals surface area (Å²) < 4.78 is 32.6. The molecule has 0 spiro atoms. The Morgan fingerprint density at radius 1 is 1.38 bits per heavy atom. The number of alkyl halides is 2. The standard InChI is InChI=1S/C19H23F2N3O2/c1-12(2)15(25)5-3-4-13-10-22-17-16(13)18(24-11-23-17)26-14-6-8-19(20,21)9-7-14/h3-4,10-12,14H,5-9H2,1-2H3,(H,22,23,24)/b4-3+. The molecule has 2 aromatic rings. The molecular formula is C19H23F2N3O2. The highest BCUT2D eigenvalue weighted by Gasteiger charge is 2.36. The van der Waals surface area contributed by atoms with E-state index in [0.29, 0.717) is 36.2 Å². The molecule has 2 aromatic heterocycles. The predicted octanol–water partition coefficient (Wildman–Crippen LogP) is 4.54. The number of hydrogen-bond donors (Lipinski definition) is 1. The van der Waals surface area contributed by atoms with E-state index >= 15 is 0 Å². The number of rotatable bonds is 6. The van der Waals surface area contributed by atoms with Crippen LogP contribution in [0, 0.1) is 5.92 Å². The Balaban J connectivity index is 1.77. The third kappa shape index (κ3) is 4.26. The third-order valence-electron chi connectivity index (χ3n) is 4.67. The predicted molar refractivity (Wildman–Crippen MR) is 95.2 cm³/mol. The lowest BCUT2D eigenvalue weighted by atomic mass is 9.94. The number of hydrogen-bond acceptors (Lipinski definition) is 4. The van der Waals surface area contributed by atoms with Gasteiger partial charge in [-0.3, -0.25) is 4.79 Å². The molecule has 0 atom stereocenters. The van der Waals surface area contributed by atoms with E-state index in [-0.39, 0.29) is 30.6 Å². The first-order valence-electron chi connectivity index (χ1n) is 8.91. The van der Waals surface area contributed by atoms with Crippen LogP contribution < -0.4 is 4.74 Å². The fourth-order valence-corrected chi connectivity index (χ4v) is 3.01. The molecule has 1 saturated carbocycles. The van der Waals surface area contributed by atoms with Crippen molar-refractivity contribution in [2.45, 2.75) is 58.0 Å². The van der Waals surface area contributed by atoms with Gasteiger partial charge >= 0.3 is 0 Å². The second kappa shape index (κ2) is 7.51. The van der Waals surface area contributed by atoms with E-state index in [4.69, 9.17) is 4.74 Å². The van der Waals surface area contributed by atoms with Crippen molar-refractivity contribution in [1.82, 2.24) is 15.0 Å². The number of halogens is 2. The number of aromatic amines is 1. The van der Waals surface area contributed by atoms with Gasteiger partial charge in [0.15, 0.2) is 0 Å². The molecule has 3 rings (SSSR count). The quantitative estimate of drug-likeness (QED) is 0.818. The highest BCUT2D eigenvalue weighted by atomic mass is 19.3. The van der Waals surface area contributed by atoms with Crippen molar-refractivity contribution in [2.75, 3.05) is 0 Å². The van der Waals surface area contributed by atoms with Gasteiger partial charge in [-0.2, -0.15) is 0 Å². The zero-order valence-corrected chi connectivity index (χ0v) is 15.0. The number of nitrogens with one attached hydrogen (secondary N) is 1. The van der Waals surface area contributed by atoms with E-state index in [1.54, 1.807) is 6.20 Å². The first-order chi connectivity index (χ1) is 12.4. The molecular weight excluding hydrogens is 340 g/mol. The van der Waals surface area contributed by atoms with Gasteiger partial charge in [0.05, 0.1) is 5.39 Å². The van der Waals surface area contributed by atoms with Crippen LogP contribution in [0.4, 0.5) is 8.78 Å². The maximum Gasteiger partial charge on any atom is 0.248 e. The number of allylic oxidation sites excluding steroid dienone is 1. The van der Waals surface area contributed by atoms with Gasteiger partial charge in [-0.15, -0.1) is 0 Å². The van der Waals surface area contributed by atoms with Crippen LogP contribution in [0.3, 0.4) is 0 Å². The largest absolute Gasteiger partial charge is 0.474 e. The lowest BCUT2D eigenvalue weighted by molar-refractivity contribution is -0.121. The zero-order valence-electron chi connectivity index (χ0n) is 15.0. The summed E-state index contributed by atoms with van der Waals surface area (Å²) >= 11 is 0. The average Bonchev–Trinajstić information content (AvgIpc) is 3.01. The molecule has 1 aliphatic rings. The van der Waals surface area contributed by atoms with E-state index in [1.807, 2.05) is 26.0 Å². The molecule has 26 heavy (non-hydrogen) atoms. The number of ether oxygens (including phenoxy) is 1. The summed E-state index contributed by atoms with van der Waals surface area (Å²) in [7, 11) is 0. The van der Waals surface area contributed by atoms with Crippen LogP contribution in [-0.2, 0) is 4.79 Å². The number of aromatic nitrogens is 3. The fraction of sp³-hybridized carbons (Fsp3) is 0.526. The average molecular weight is 363 g/mol. The molecule has 5 nitrogen and oxygen atoms in total. The van der Waals surface area contributed by atoms with Gasteiger partial charge in [0.1, 0.15) is 23.9 Å². The monoisotopic (exact) mass is 363 g/mol. The molecule has 0 radical (unpaired) electrons. The highest BCUT2D eigenvalue weighted by molar-refractivity contribution is 5.91. The van der Waals surface area contributed by atoms with E-state index in [9.17, 15) is 13.6 Å². The Labute approximate surface area is 150 Å². The molecule has 0 aromatic carbocycles. The van der Waals surface area contributed by atoms with Crippen molar-refractivity contribution < 1.29 is 18.3 Å². The van der Waals surface area contributed by atoms with Crippen LogP contribution >= 0.6 is 0 Å². The number of Topliss-reactive ketones (excluding diaryl/α,β-unsaturated/α-hetero) is 1. The molecule has 1 aliphatic carbocycles. The molecule has 1 N–H and O–H groups in total. The van der Waals surface area contributed by atoms with Gasteiger partial charge < -0.3 is 9.72 Å². The topological polar surface area (TPSA) is 67.9 Å². The minimum absolute atomic E-state index is 0.00530. The molecule has 0 unspecified atom stereocenters. The molecule has 1 fully saturated rings. The first-order valence-corrected chi connectivity index (χ1v) is 8.91. The summed E-state index contributed by atoms with van der Waals surface area (Å²) in [6.07, 6.45) is 7.17. The summed E-state index contributed by atoms with van der Waals surface area (Å²) in [5, 5.41) is 0.707. The van der Waals surface area contributed by atoms with Gasteiger partial charge in [0, 0.05) is 36.9 Å². The van der Waals surface area contributed by atoms with Crippen molar-refractivity contribution in [3.8, 4) is 5.88 Å². The summed E-state index contributed by atoms with van der Waals surface area (Å²) in [4.78, 5) is 23.2. The number of carbonyl (C=O) groups is 1. The maximum atomic E-state index is 13.3. The van der Waals surface area contributed by atoms with E-state index in [1.165, 1.54) is 6.33 Å². The summed E-state index contributed by atoms with van der Waals surface area (Å²) in [5.74, 6) is -2.04. The molecule has 0 aliphatic heterocycles.